The van der Waals surface area contributed by atoms with Gasteiger partial charge in [0.2, 0.25) is 0 Å². The lowest BCUT2D eigenvalue weighted by molar-refractivity contribution is -0.138. The fourth-order valence-electron chi connectivity index (χ4n) is 6.12. The van der Waals surface area contributed by atoms with Crippen molar-refractivity contribution in [2.45, 2.75) is 58.0 Å². The summed E-state index contributed by atoms with van der Waals surface area (Å²) in [6, 6.07) is 32.6. The van der Waals surface area contributed by atoms with Crippen molar-refractivity contribution in [3.8, 4) is 46.5 Å². The van der Waals surface area contributed by atoms with Gasteiger partial charge < -0.3 is 33.2 Å². The largest absolute Gasteiger partial charge is 0.494 e. The monoisotopic (exact) mass is 892 g/mol. The third kappa shape index (κ3) is 16.0. The number of carbonyl (C=O) groups excluding carboxylic acids is 5. The zero-order valence-corrected chi connectivity index (χ0v) is 36.7. The molecule has 0 N–H and O–H groups in total. The van der Waals surface area contributed by atoms with Crippen molar-refractivity contribution in [2.24, 2.45) is 0 Å². The number of hydrogen-bond donors (Lipinski definition) is 0. The van der Waals surface area contributed by atoms with Crippen molar-refractivity contribution in [1.82, 2.24) is 0 Å². The summed E-state index contributed by atoms with van der Waals surface area (Å²) in [5.74, 6) is -0.0133. The summed E-state index contributed by atoms with van der Waals surface area (Å²) >= 11 is 0. The highest BCUT2D eigenvalue weighted by Crippen LogP contribution is 2.32. The van der Waals surface area contributed by atoms with Crippen LogP contribution in [0.2, 0.25) is 0 Å². The van der Waals surface area contributed by atoms with Gasteiger partial charge in [0.05, 0.1) is 43.1 Å². The highest BCUT2D eigenvalue weighted by molar-refractivity contribution is 5.98. The quantitative estimate of drug-likeness (QED) is 0.0134. The van der Waals surface area contributed by atoms with Crippen LogP contribution in [0.4, 0.5) is 0 Å². The van der Waals surface area contributed by atoms with Crippen molar-refractivity contribution in [3.05, 3.63) is 168 Å². The lowest BCUT2D eigenvalue weighted by atomic mass is 9.95. The molecule has 0 fully saturated rings. The number of ether oxygens (including phenoxy) is 7. The molecule has 12 heteroatoms. The van der Waals surface area contributed by atoms with Crippen molar-refractivity contribution < 1.29 is 57.1 Å². The van der Waals surface area contributed by atoms with Crippen molar-refractivity contribution >= 4 is 29.8 Å². The van der Waals surface area contributed by atoms with Crippen LogP contribution in [-0.2, 0) is 30.4 Å². The smallest absolute Gasteiger partial charge is 0.343 e. The molecule has 0 amide bonds. The molecule has 0 heterocycles. The van der Waals surface area contributed by atoms with Gasteiger partial charge in [0.15, 0.2) is 0 Å². The summed E-state index contributed by atoms with van der Waals surface area (Å²) < 4.78 is 38.5. The van der Waals surface area contributed by atoms with Gasteiger partial charge in [0, 0.05) is 24.3 Å². The number of rotatable bonds is 25. The van der Waals surface area contributed by atoms with Crippen molar-refractivity contribution in [1.29, 1.82) is 0 Å². The summed E-state index contributed by atoms with van der Waals surface area (Å²) in [5.41, 5.74) is 3.80. The molecule has 2 aliphatic rings. The molecular weight excluding hydrogens is 841 g/mol. The molecule has 340 valence electrons. The fraction of sp³-hybridized carbons (Fsp3) is 0.241. The van der Waals surface area contributed by atoms with E-state index in [4.69, 9.17) is 39.6 Å². The Bertz CT molecular complexity index is 2430. The molecule has 0 bridgehead atoms. The van der Waals surface area contributed by atoms with E-state index >= 15 is 0 Å². The number of esters is 5. The van der Waals surface area contributed by atoms with Crippen LogP contribution in [0.1, 0.15) is 93.6 Å². The second-order valence-corrected chi connectivity index (χ2v) is 14.7. The molecule has 0 atom stereocenters. The molecule has 0 saturated heterocycles. The van der Waals surface area contributed by atoms with Gasteiger partial charge in [0.25, 0.3) is 0 Å². The Morgan fingerprint density at radius 2 is 0.955 bits per heavy atom. The topological polar surface area (TPSA) is 150 Å². The standard InChI is InChI=1S/C48H48O12.C6H4/c1-4-36-32-43(60-47(52)38-22-26-40(27-23-38)55-29-15-8-10-17-31-57-45(50)6-3)41(48(53)58-34-35-18-12-11-13-19-35)33-42(36)59-46(51)37-20-24-39(25-21-37)54-28-14-7-9-16-30-56-44(49)5-2;1-2-6-4-3-5(1)6/h1,5-6,11-13,18-27,32-33H,2-3,7-10,14-17,28-31,34H2;1-4H. The van der Waals surface area contributed by atoms with Crippen LogP contribution >= 0.6 is 0 Å². The Kier molecular flexibility index (Phi) is 19.8. The van der Waals surface area contributed by atoms with Crippen molar-refractivity contribution in [2.75, 3.05) is 26.4 Å². The third-order valence-electron chi connectivity index (χ3n) is 9.91. The summed E-state index contributed by atoms with van der Waals surface area (Å²) in [6.45, 7) is 8.26. The van der Waals surface area contributed by atoms with E-state index in [1.165, 1.54) is 47.5 Å². The van der Waals surface area contributed by atoms with E-state index in [-0.39, 0.29) is 40.4 Å². The molecule has 66 heavy (non-hydrogen) atoms. The number of hydrogen-bond acceptors (Lipinski definition) is 12. The minimum atomic E-state index is -0.846. The maximum atomic E-state index is 13.5. The van der Waals surface area contributed by atoms with Gasteiger partial charge in [-0.3, -0.25) is 0 Å². The molecule has 0 saturated carbocycles. The van der Waals surface area contributed by atoms with Gasteiger partial charge >= 0.3 is 29.8 Å². The van der Waals surface area contributed by atoms with Crippen LogP contribution in [0.15, 0.2) is 141 Å². The first-order valence-electron chi connectivity index (χ1n) is 21.6. The molecule has 2 aliphatic carbocycles. The molecule has 0 spiro atoms. The molecule has 0 unspecified atom stereocenters. The third-order valence-corrected chi connectivity index (χ3v) is 9.91. The molecule has 6 rings (SSSR count). The highest BCUT2D eigenvalue weighted by atomic mass is 16.6. The lowest BCUT2D eigenvalue weighted by Crippen LogP contribution is -2.15. The lowest BCUT2D eigenvalue weighted by Gasteiger charge is -2.14. The molecule has 0 radical (unpaired) electrons. The maximum Gasteiger partial charge on any atom is 0.343 e. The van der Waals surface area contributed by atoms with E-state index in [1.54, 1.807) is 48.5 Å². The van der Waals surface area contributed by atoms with E-state index in [0.717, 1.165) is 69.1 Å². The molecule has 12 nitrogen and oxygen atoms in total. The van der Waals surface area contributed by atoms with E-state index in [0.29, 0.717) is 37.9 Å². The van der Waals surface area contributed by atoms with Crippen molar-refractivity contribution in [3.63, 3.8) is 0 Å². The van der Waals surface area contributed by atoms with Crippen LogP contribution in [0.3, 0.4) is 0 Å². The first kappa shape index (κ1) is 49.1. The van der Waals surface area contributed by atoms with E-state index in [2.05, 4.69) is 43.3 Å². The van der Waals surface area contributed by atoms with Gasteiger partial charge in [0.1, 0.15) is 35.2 Å². The summed E-state index contributed by atoms with van der Waals surface area (Å²) in [5, 5.41) is 0. The average molecular weight is 893 g/mol. The first-order chi connectivity index (χ1) is 32.2. The molecule has 4 aromatic rings. The maximum absolute atomic E-state index is 13.5. The number of benzene rings is 5. The number of terminal acetylenes is 1. The van der Waals surface area contributed by atoms with Gasteiger partial charge in [-0.15, -0.1) is 6.42 Å². The second-order valence-electron chi connectivity index (χ2n) is 14.7. The van der Waals surface area contributed by atoms with Gasteiger partial charge in [-0.2, -0.15) is 0 Å². The number of fused-ring (bicyclic) bond motifs is 1. The van der Waals surface area contributed by atoms with Crippen LogP contribution in [0.5, 0.6) is 23.0 Å². The Balaban J connectivity index is 0.00000124. The summed E-state index contributed by atoms with van der Waals surface area (Å²) in [7, 11) is 0. The highest BCUT2D eigenvalue weighted by Gasteiger charge is 2.23. The van der Waals surface area contributed by atoms with Gasteiger partial charge in [-0.05, 0) is 117 Å². The van der Waals surface area contributed by atoms with Crippen LogP contribution in [-0.4, -0.2) is 56.3 Å². The average Bonchev–Trinajstić information content (AvgIpc) is 3.34. The molecule has 4 aromatic carbocycles. The fourth-order valence-corrected chi connectivity index (χ4v) is 6.12. The van der Waals surface area contributed by atoms with E-state index < -0.39 is 29.8 Å². The predicted octanol–water partition coefficient (Wildman–Crippen LogP) is 10.5. The van der Waals surface area contributed by atoms with Crippen LogP contribution in [0, 0.1) is 12.3 Å². The Labute approximate surface area is 385 Å². The Morgan fingerprint density at radius 3 is 1.38 bits per heavy atom. The number of carbonyl (C=O) groups is 5. The van der Waals surface area contributed by atoms with E-state index in [9.17, 15) is 24.0 Å². The van der Waals surface area contributed by atoms with Gasteiger partial charge in [-0.25, -0.2) is 24.0 Å². The molecule has 0 aromatic heterocycles. The normalized spacial score (nSPS) is 10.4. The van der Waals surface area contributed by atoms with Crippen LogP contribution < -0.4 is 18.9 Å². The molecular formula is C54H52O12. The predicted molar refractivity (Wildman–Crippen MR) is 248 cm³/mol. The zero-order chi connectivity index (χ0) is 46.9. The zero-order valence-electron chi connectivity index (χ0n) is 36.7. The molecule has 0 aliphatic heterocycles. The SMILES string of the molecule is C#Cc1cc(OC(=O)c2ccc(OCCCCCCOC(=O)C=C)cc2)c(C(=O)OCc2ccccc2)cc1OC(=O)c1ccc(OCCCCCCOC(=O)C=C)cc1.c1cc2ccc1-2. The minimum absolute atomic E-state index is 0.0473. The summed E-state index contributed by atoms with van der Waals surface area (Å²) in [4.78, 5) is 62.4. The van der Waals surface area contributed by atoms with Crippen LogP contribution in [0.25, 0.3) is 11.1 Å². The van der Waals surface area contributed by atoms with Gasteiger partial charge in [-0.1, -0.05) is 73.7 Å². The minimum Gasteiger partial charge on any atom is -0.494 e. The number of unbranched alkanes of at least 4 members (excludes halogenated alkanes) is 6. The van der Waals surface area contributed by atoms with E-state index in [1.807, 2.05) is 6.07 Å². The first-order valence-corrected chi connectivity index (χ1v) is 21.6. The second kappa shape index (κ2) is 26.7. The Morgan fingerprint density at radius 1 is 0.500 bits per heavy atom. The summed E-state index contributed by atoms with van der Waals surface area (Å²) in [6.07, 6.45) is 14.7. The Hall–Kier alpha value is -7.91.